The molecule has 4 rings (SSSR count). The molecule has 1 saturated heterocycles. The quantitative estimate of drug-likeness (QED) is 0.600. The molecule has 0 saturated carbocycles. The number of hydrogen-bond donors (Lipinski definition) is 0. The molecule has 0 aliphatic carbocycles. The lowest BCUT2D eigenvalue weighted by Crippen LogP contribution is -2.37. The third-order valence-corrected chi connectivity index (χ3v) is 5.51. The van der Waals surface area contributed by atoms with Crippen LogP contribution in [0.2, 0.25) is 0 Å². The highest BCUT2D eigenvalue weighted by Gasteiger charge is 2.28. The Morgan fingerprint density at radius 3 is 2.90 bits per heavy atom. The van der Waals surface area contributed by atoms with Gasteiger partial charge >= 0.3 is 0 Å². The van der Waals surface area contributed by atoms with Crippen LogP contribution in [0, 0.1) is 18.6 Å². The van der Waals surface area contributed by atoms with Gasteiger partial charge in [-0.25, -0.2) is 8.78 Å². The van der Waals surface area contributed by atoms with Gasteiger partial charge < -0.3 is 9.42 Å². The molecule has 30 heavy (non-hydrogen) atoms. The molecule has 5 nitrogen and oxygen atoms in total. The van der Waals surface area contributed by atoms with E-state index in [1.165, 1.54) is 18.2 Å². The Morgan fingerprint density at radius 2 is 2.10 bits per heavy atom. The Bertz CT molecular complexity index is 1050. The molecule has 1 aliphatic rings. The first-order valence-electron chi connectivity index (χ1n) is 10.1. The van der Waals surface area contributed by atoms with Gasteiger partial charge in [0.1, 0.15) is 11.6 Å². The van der Waals surface area contributed by atoms with Gasteiger partial charge in [-0.3, -0.25) is 4.79 Å². The van der Waals surface area contributed by atoms with Crippen LogP contribution in [0.15, 0.2) is 47.0 Å². The first-order valence-corrected chi connectivity index (χ1v) is 10.1. The maximum absolute atomic E-state index is 13.8. The summed E-state index contributed by atoms with van der Waals surface area (Å²) < 4.78 is 32.4. The molecule has 1 amide bonds. The highest BCUT2D eigenvalue weighted by atomic mass is 19.1. The van der Waals surface area contributed by atoms with Crippen molar-refractivity contribution in [2.75, 3.05) is 6.54 Å². The number of likely N-dealkylation sites (tertiary alicyclic amines) is 1. The number of aryl methyl sites for hydroxylation is 2. The molecule has 0 bridgehead atoms. The van der Waals surface area contributed by atoms with E-state index >= 15 is 0 Å². The molecule has 0 N–H and O–H groups in total. The van der Waals surface area contributed by atoms with Crippen LogP contribution < -0.4 is 0 Å². The van der Waals surface area contributed by atoms with Crippen molar-refractivity contribution in [1.29, 1.82) is 0 Å². The standard InChI is InChI=1S/C23H23F2N3O2/c1-15-7-8-17(14-20(15)25)23-26-21(30-27-23)9-10-22(29)28-11-3-6-19(28)13-16-4-2-5-18(24)12-16/h2,4-5,7-8,12,14,19H,3,6,9-11,13H2,1H3. The van der Waals surface area contributed by atoms with Crippen LogP contribution in [0.3, 0.4) is 0 Å². The number of carbonyl (C=O) groups excluding carboxylic acids is 1. The van der Waals surface area contributed by atoms with E-state index in [-0.39, 0.29) is 30.0 Å². The topological polar surface area (TPSA) is 59.2 Å². The zero-order chi connectivity index (χ0) is 21.1. The van der Waals surface area contributed by atoms with E-state index in [0.29, 0.717) is 42.2 Å². The normalized spacial score (nSPS) is 16.2. The Kier molecular flexibility index (Phi) is 5.88. The van der Waals surface area contributed by atoms with E-state index in [0.717, 1.165) is 18.4 Å². The smallest absolute Gasteiger partial charge is 0.227 e. The van der Waals surface area contributed by atoms with E-state index in [2.05, 4.69) is 10.1 Å². The largest absolute Gasteiger partial charge is 0.339 e. The average molecular weight is 411 g/mol. The number of benzene rings is 2. The Hall–Kier alpha value is -3.09. The maximum Gasteiger partial charge on any atom is 0.227 e. The van der Waals surface area contributed by atoms with Gasteiger partial charge in [-0.1, -0.05) is 29.4 Å². The second kappa shape index (κ2) is 8.73. The fourth-order valence-corrected chi connectivity index (χ4v) is 3.88. The van der Waals surface area contributed by atoms with Gasteiger partial charge in [0, 0.05) is 31.0 Å². The fourth-order valence-electron chi connectivity index (χ4n) is 3.88. The van der Waals surface area contributed by atoms with Gasteiger partial charge in [-0.2, -0.15) is 4.98 Å². The van der Waals surface area contributed by atoms with Gasteiger partial charge in [-0.05, 0) is 55.5 Å². The highest BCUT2D eigenvalue weighted by Crippen LogP contribution is 2.23. The van der Waals surface area contributed by atoms with Crippen molar-refractivity contribution in [3.05, 3.63) is 71.1 Å². The molecule has 156 valence electrons. The number of carbonyl (C=O) groups is 1. The number of amides is 1. The van der Waals surface area contributed by atoms with Crippen molar-refractivity contribution in [1.82, 2.24) is 15.0 Å². The molecule has 1 aromatic heterocycles. The minimum atomic E-state index is -0.326. The number of rotatable bonds is 6. The molecule has 2 aromatic carbocycles. The molecule has 0 radical (unpaired) electrons. The lowest BCUT2D eigenvalue weighted by atomic mass is 10.0. The Morgan fingerprint density at radius 1 is 1.23 bits per heavy atom. The molecule has 1 aliphatic heterocycles. The monoisotopic (exact) mass is 411 g/mol. The fraction of sp³-hybridized carbons (Fsp3) is 0.348. The van der Waals surface area contributed by atoms with Crippen molar-refractivity contribution in [2.45, 2.75) is 45.1 Å². The summed E-state index contributed by atoms with van der Waals surface area (Å²) in [6.45, 7) is 2.39. The van der Waals surface area contributed by atoms with Gasteiger partial charge in [0.15, 0.2) is 0 Å². The van der Waals surface area contributed by atoms with Crippen molar-refractivity contribution < 1.29 is 18.1 Å². The summed E-state index contributed by atoms with van der Waals surface area (Å²) >= 11 is 0. The maximum atomic E-state index is 13.8. The number of halogens is 2. The summed E-state index contributed by atoms with van der Waals surface area (Å²) in [6, 6.07) is 11.4. The summed E-state index contributed by atoms with van der Waals surface area (Å²) in [5, 5.41) is 3.90. The zero-order valence-corrected chi connectivity index (χ0v) is 16.8. The molecular weight excluding hydrogens is 388 g/mol. The molecule has 3 aromatic rings. The third kappa shape index (κ3) is 4.56. The SMILES string of the molecule is Cc1ccc(-c2noc(CCC(=O)N3CCCC3Cc3cccc(F)c3)n2)cc1F. The second-order valence-electron chi connectivity index (χ2n) is 7.69. The summed E-state index contributed by atoms with van der Waals surface area (Å²) in [7, 11) is 0. The lowest BCUT2D eigenvalue weighted by molar-refractivity contribution is -0.132. The van der Waals surface area contributed by atoms with Crippen LogP contribution in [0.5, 0.6) is 0 Å². The number of aromatic nitrogens is 2. The van der Waals surface area contributed by atoms with Crippen molar-refractivity contribution in [2.24, 2.45) is 0 Å². The minimum absolute atomic E-state index is 0.0232. The summed E-state index contributed by atoms with van der Waals surface area (Å²) in [5.74, 6) is 0.0909. The molecule has 1 fully saturated rings. The van der Waals surface area contributed by atoms with Crippen molar-refractivity contribution >= 4 is 5.91 Å². The van der Waals surface area contributed by atoms with Crippen molar-refractivity contribution in [3.63, 3.8) is 0 Å². The van der Waals surface area contributed by atoms with E-state index in [4.69, 9.17) is 4.52 Å². The van der Waals surface area contributed by atoms with E-state index in [9.17, 15) is 13.6 Å². The summed E-state index contributed by atoms with van der Waals surface area (Å²) in [6.07, 6.45) is 3.07. The van der Waals surface area contributed by atoms with E-state index < -0.39 is 0 Å². The van der Waals surface area contributed by atoms with Gasteiger partial charge in [0.25, 0.3) is 0 Å². The minimum Gasteiger partial charge on any atom is -0.339 e. The first-order chi connectivity index (χ1) is 14.5. The average Bonchev–Trinajstić information content (AvgIpc) is 3.38. The lowest BCUT2D eigenvalue weighted by Gasteiger charge is -2.24. The van der Waals surface area contributed by atoms with Crippen LogP contribution in [0.1, 0.15) is 36.3 Å². The predicted octanol–water partition coefficient (Wildman–Crippen LogP) is 4.49. The van der Waals surface area contributed by atoms with Gasteiger partial charge in [0.2, 0.25) is 17.6 Å². The Labute approximate surface area is 173 Å². The highest BCUT2D eigenvalue weighted by molar-refractivity contribution is 5.77. The molecule has 0 spiro atoms. The summed E-state index contributed by atoms with van der Waals surface area (Å²) in [5.41, 5.74) is 1.98. The Balaban J connectivity index is 1.36. The second-order valence-corrected chi connectivity index (χ2v) is 7.69. The predicted molar refractivity (Wildman–Crippen MR) is 108 cm³/mol. The molecule has 2 heterocycles. The third-order valence-electron chi connectivity index (χ3n) is 5.51. The summed E-state index contributed by atoms with van der Waals surface area (Å²) in [4.78, 5) is 18.9. The van der Waals surface area contributed by atoms with Crippen LogP contribution in [-0.2, 0) is 17.6 Å². The van der Waals surface area contributed by atoms with Crippen LogP contribution >= 0.6 is 0 Å². The van der Waals surface area contributed by atoms with Gasteiger partial charge in [-0.15, -0.1) is 0 Å². The first kappa shape index (κ1) is 20.2. The van der Waals surface area contributed by atoms with E-state index in [1.54, 1.807) is 25.1 Å². The zero-order valence-electron chi connectivity index (χ0n) is 16.8. The molecule has 7 heteroatoms. The van der Waals surface area contributed by atoms with Crippen LogP contribution in [0.4, 0.5) is 8.78 Å². The van der Waals surface area contributed by atoms with Crippen LogP contribution in [-0.4, -0.2) is 33.5 Å². The number of hydrogen-bond acceptors (Lipinski definition) is 4. The molecule has 1 unspecified atom stereocenters. The molecule has 1 atom stereocenters. The van der Waals surface area contributed by atoms with Crippen molar-refractivity contribution in [3.8, 4) is 11.4 Å². The van der Waals surface area contributed by atoms with Crippen LogP contribution in [0.25, 0.3) is 11.4 Å². The number of nitrogens with zero attached hydrogens (tertiary/aromatic N) is 3. The van der Waals surface area contributed by atoms with E-state index in [1.807, 2.05) is 11.0 Å². The molecular formula is C23H23F2N3O2. The van der Waals surface area contributed by atoms with Gasteiger partial charge in [0.05, 0.1) is 0 Å².